The molecular formula is C19H26ClN3O3. The largest absolute Gasteiger partial charge is 1.00 e. The first-order valence-corrected chi connectivity index (χ1v) is 9.19. The lowest BCUT2D eigenvalue weighted by Crippen LogP contribution is -3.15. The molecule has 0 unspecified atom stereocenters. The smallest absolute Gasteiger partial charge is 0.292 e. The Morgan fingerprint density at radius 2 is 1.92 bits per heavy atom. The molecule has 1 heterocycles. The van der Waals surface area contributed by atoms with Crippen molar-refractivity contribution in [2.75, 3.05) is 37.6 Å². The van der Waals surface area contributed by atoms with E-state index in [1.54, 1.807) is 12.1 Å². The molecule has 0 aromatic heterocycles. The van der Waals surface area contributed by atoms with Gasteiger partial charge >= 0.3 is 0 Å². The minimum Gasteiger partial charge on any atom is -1.00 e. The van der Waals surface area contributed by atoms with E-state index < -0.39 is 0 Å². The first kappa shape index (κ1) is 20.4. The molecular weight excluding hydrogens is 354 g/mol. The number of nitro groups is 1. The van der Waals surface area contributed by atoms with Gasteiger partial charge < -0.3 is 22.2 Å². The molecule has 0 atom stereocenters. The van der Waals surface area contributed by atoms with E-state index >= 15 is 0 Å². The minimum absolute atomic E-state index is 0. The number of nitrogens with zero attached hydrogens (tertiary/aromatic N) is 2. The fourth-order valence-electron chi connectivity index (χ4n) is 3.74. The maximum absolute atomic E-state index is 12.3. The van der Waals surface area contributed by atoms with Gasteiger partial charge in [-0.1, -0.05) is 18.2 Å². The number of carbonyl (C=O) groups excluding carboxylic acids is 1. The molecule has 142 valence electrons. The number of hydrogen-bond acceptors (Lipinski definition) is 4. The van der Waals surface area contributed by atoms with Crippen LogP contribution in [0.1, 0.15) is 32.1 Å². The molecule has 1 fully saturated rings. The van der Waals surface area contributed by atoms with Crippen LogP contribution < -0.4 is 22.2 Å². The molecule has 26 heavy (non-hydrogen) atoms. The number of anilines is 1. The van der Waals surface area contributed by atoms with Crippen LogP contribution in [-0.2, 0) is 4.79 Å². The van der Waals surface area contributed by atoms with Crippen molar-refractivity contribution in [3.05, 3.63) is 46.0 Å². The van der Waals surface area contributed by atoms with E-state index in [2.05, 4.69) is 11.0 Å². The van der Waals surface area contributed by atoms with Crippen molar-refractivity contribution in [3.8, 4) is 0 Å². The maximum atomic E-state index is 12.3. The normalized spacial score (nSPS) is 18.0. The van der Waals surface area contributed by atoms with Crippen LogP contribution in [0.5, 0.6) is 0 Å². The number of nitrogens with one attached hydrogen (secondary N) is 1. The van der Waals surface area contributed by atoms with Crippen molar-refractivity contribution < 1.29 is 27.0 Å². The van der Waals surface area contributed by atoms with E-state index in [-0.39, 0.29) is 23.0 Å². The Balaban J connectivity index is 0.00000243. The van der Waals surface area contributed by atoms with E-state index in [4.69, 9.17) is 0 Å². The van der Waals surface area contributed by atoms with Crippen molar-refractivity contribution in [1.82, 2.24) is 0 Å². The zero-order valence-electron chi connectivity index (χ0n) is 15.0. The first-order valence-electron chi connectivity index (χ1n) is 9.19. The molecule has 1 aliphatic heterocycles. The average molecular weight is 380 g/mol. The lowest BCUT2D eigenvalue weighted by molar-refractivity contribution is -0.899. The van der Waals surface area contributed by atoms with Gasteiger partial charge in [0.25, 0.3) is 5.69 Å². The molecule has 3 rings (SSSR count). The third-order valence-electron chi connectivity index (χ3n) is 5.24. The fraction of sp³-hybridized carbons (Fsp3) is 0.526. The Hall–Kier alpha value is -1.92. The standard InChI is InChI=1S/C19H25N3O3.ClH/c23-19(16-6-2-1-3-7-16)10-11-20-12-14-21(15-13-20)17-8-4-5-9-18(17)22(24)25;/h4-6,8-9H,1-3,7,10-15H2;1H. The summed E-state index contributed by atoms with van der Waals surface area (Å²) in [5.41, 5.74) is 1.91. The number of allylic oxidation sites excluding steroid dienone is 2. The molecule has 1 N–H and O–H groups in total. The summed E-state index contributed by atoms with van der Waals surface area (Å²) >= 11 is 0. The van der Waals surface area contributed by atoms with Crippen LogP contribution in [0.25, 0.3) is 0 Å². The van der Waals surface area contributed by atoms with Gasteiger partial charge in [0.15, 0.2) is 5.78 Å². The highest BCUT2D eigenvalue weighted by molar-refractivity contribution is 5.95. The number of piperazine rings is 1. The summed E-state index contributed by atoms with van der Waals surface area (Å²) < 4.78 is 0. The molecule has 0 spiro atoms. The van der Waals surface area contributed by atoms with Crippen molar-refractivity contribution in [2.45, 2.75) is 32.1 Å². The van der Waals surface area contributed by atoms with Crippen molar-refractivity contribution >= 4 is 17.2 Å². The predicted molar refractivity (Wildman–Crippen MR) is 97.0 cm³/mol. The summed E-state index contributed by atoms with van der Waals surface area (Å²) in [6.45, 7) is 4.27. The number of nitro benzene ring substituents is 1. The van der Waals surface area contributed by atoms with E-state index in [0.717, 1.165) is 57.6 Å². The zero-order chi connectivity index (χ0) is 17.6. The van der Waals surface area contributed by atoms with Gasteiger partial charge in [-0.2, -0.15) is 0 Å². The minimum atomic E-state index is -0.314. The van der Waals surface area contributed by atoms with Crippen LogP contribution in [0.15, 0.2) is 35.9 Å². The number of carbonyl (C=O) groups is 1. The summed E-state index contributed by atoms with van der Waals surface area (Å²) in [5, 5.41) is 11.2. The topological polar surface area (TPSA) is 67.9 Å². The highest BCUT2D eigenvalue weighted by Gasteiger charge is 2.25. The summed E-state index contributed by atoms with van der Waals surface area (Å²) in [4.78, 5) is 26.7. The van der Waals surface area contributed by atoms with Gasteiger partial charge in [0.05, 0.1) is 44.1 Å². The second-order valence-electron chi connectivity index (χ2n) is 6.88. The quantitative estimate of drug-likeness (QED) is 0.496. The third-order valence-corrected chi connectivity index (χ3v) is 5.24. The summed E-state index contributed by atoms with van der Waals surface area (Å²) in [6.07, 6.45) is 7.07. The second-order valence-corrected chi connectivity index (χ2v) is 6.88. The van der Waals surface area contributed by atoms with E-state index in [1.165, 1.54) is 11.3 Å². The zero-order valence-corrected chi connectivity index (χ0v) is 15.7. The molecule has 7 heteroatoms. The summed E-state index contributed by atoms with van der Waals surface area (Å²) in [7, 11) is 0. The second kappa shape index (κ2) is 9.69. The average Bonchev–Trinajstić information content (AvgIpc) is 2.67. The fourth-order valence-corrected chi connectivity index (χ4v) is 3.74. The van der Waals surface area contributed by atoms with Crippen molar-refractivity contribution in [1.29, 1.82) is 0 Å². The van der Waals surface area contributed by atoms with Gasteiger partial charge in [-0.25, -0.2) is 0 Å². The molecule has 1 aliphatic carbocycles. The van der Waals surface area contributed by atoms with E-state index in [0.29, 0.717) is 17.9 Å². The van der Waals surface area contributed by atoms with Crippen LogP contribution in [0, 0.1) is 10.1 Å². The number of hydrogen-bond donors (Lipinski definition) is 1. The molecule has 1 saturated heterocycles. The summed E-state index contributed by atoms with van der Waals surface area (Å²) in [6, 6.07) is 6.93. The van der Waals surface area contributed by atoms with Crippen molar-refractivity contribution in [3.63, 3.8) is 0 Å². The highest BCUT2D eigenvalue weighted by Crippen LogP contribution is 2.27. The van der Waals surface area contributed by atoms with Gasteiger partial charge in [-0.05, 0) is 37.3 Å². The van der Waals surface area contributed by atoms with Gasteiger partial charge in [0.2, 0.25) is 0 Å². The lowest BCUT2D eigenvalue weighted by Gasteiger charge is -2.33. The summed E-state index contributed by atoms with van der Waals surface area (Å²) in [5.74, 6) is 0.313. The van der Waals surface area contributed by atoms with Crippen LogP contribution in [-0.4, -0.2) is 43.4 Å². The van der Waals surface area contributed by atoms with Gasteiger partial charge in [0.1, 0.15) is 5.69 Å². The number of benzene rings is 1. The van der Waals surface area contributed by atoms with Crippen LogP contribution in [0.2, 0.25) is 0 Å². The Bertz CT molecular complexity index is 670. The number of ketones is 1. The Kier molecular flexibility index (Phi) is 7.60. The van der Waals surface area contributed by atoms with Crippen molar-refractivity contribution in [2.24, 2.45) is 0 Å². The van der Waals surface area contributed by atoms with Crippen LogP contribution in [0.4, 0.5) is 11.4 Å². The molecule has 0 amide bonds. The van der Waals surface area contributed by atoms with E-state index in [1.807, 2.05) is 12.1 Å². The molecule has 0 saturated carbocycles. The van der Waals surface area contributed by atoms with Crippen LogP contribution in [0.3, 0.4) is 0 Å². The molecule has 0 bridgehead atoms. The van der Waals surface area contributed by atoms with Gasteiger partial charge in [0, 0.05) is 6.07 Å². The predicted octanol–water partition coefficient (Wildman–Crippen LogP) is -1.24. The molecule has 6 nitrogen and oxygen atoms in total. The molecule has 2 aliphatic rings. The number of para-hydroxylation sites is 2. The number of rotatable bonds is 6. The lowest BCUT2D eigenvalue weighted by atomic mass is 9.95. The Morgan fingerprint density at radius 1 is 1.19 bits per heavy atom. The number of quaternary nitrogens is 1. The monoisotopic (exact) mass is 379 g/mol. The molecule has 1 aromatic carbocycles. The Morgan fingerprint density at radius 3 is 2.58 bits per heavy atom. The maximum Gasteiger partial charge on any atom is 0.292 e. The molecule has 1 aromatic rings. The van der Waals surface area contributed by atoms with E-state index in [9.17, 15) is 14.9 Å². The first-order chi connectivity index (χ1) is 12.1. The molecule has 0 radical (unpaired) electrons. The number of Topliss-reactive ketones (excluding diaryl/α,β-unsaturated/α-hetero) is 1. The third kappa shape index (κ3) is 5.05. The Labute approximate surface area is 160 Å². The highest BCUT2D eigenvalue weighted by atomic mass is 35.5. The van der Waals surface area contributed by atoms with Gasteiger partial charge in [-0.3, -0.25) is 14.9 Å². The SMILES string of the molecule is O=C(CC[NH+]1CCN(c2ccccc2[N+](=O)[O-])CC1)C1=CCCCC1.[Cl-]. The van der Waals surface area contributed by atoms with Gasteiger partial charge in [-0.15, -0.1) is 0 Å². The number of halogens is 1. The van der Waals surface area contributed by atoms with Crippen LogP contribution >= 0.6 is 0 Å².